The molecule has 0 bridgehead atoms. The number of carbonyl (C=O) groups excluding carboxylic acids is 1. The van der Waals surface area contributed by atoms with Crippen LogP contribution in [-0.4, -0.2) is 24.5 Å². The Labute approximate surface area is 140 Å². The molecule has 1 amide bonds. The van der Waals surface area contributed by atoms with Gasteiger partial charge in [-0.25, -0.2) is 8.78 Å². The van der Waals surface area contributed by atoms with E-state index in [2.05, 4.69) is 0 Å². The Morgan fingerprint density at radius 1 is 1.17 bits per heavy atom. The molecule has 0 saturated heterocycles. The minimum Gasteiger partial charge on any atom is -0.483 e. The summed E-state index contributed by atoms with van der Waals surface area (Å²) in [6.07, 6.45) is 0.811. The summed E-state index contributed by atoms with van der Waals surface area (Å²) in [6.45, 7) is 3.66. The lowest BCUT2D eigenvalue weighted by Gasteiger charge is -2.25. The van der Waals surface area contributed by atoms with Crippen LogP contribution in [0.15, 0.2) is 42.5 Å². The van der Waals surface area contributed by atoms with Crippen LogP contribution in [0.4, 0.5) is 8.78 Å². The van der Waals surface area contributed by atoms with Crippen LogP contribution < -0.4 is 4.74 Å². The molecule has 0 aliphatic heterocycles. The Kier molecular flexibility index (Phi) is 5.90. The quantitative estimate of drug-likeness (QED) is 0.796. The van der Waals surface area contributed by atoms with Gasteiger partial charge in [0.15, 0.2) is 18.2 Å². The molecular weight excluding hydrogens is 312 g/mol. The molecular formula is C19H21F2NO2. The van der Waals surface area contributed by atoms with E-state index in [1.165, 1.54) is 11.0 Å². The normalized spacial score (nSPS) is 11.9. The third kappa shape index (κ3) is 4.10. The molecule has 0 heterocycles. The van der Waals surface area contributed by atoms with Crippen LogP contribution in [0.3, 0.4) is 0 Å². The summed E-state index contributed by atoms with van der Waals surface area (Å²) in [5, 5.41) is 0. The number of amides is 1. The van der Waals surface area contributed by atoms with Gasteiger partial charge in [0.2, 0.25) is 0 Å². The number of aryl methyl sites for hydroxylation is 1. The maximum Gasteiger partial charge on any atom is 0.260 e. The largest absolute Gasteiger partial charge is 0.483 e. The minimum absolute atomic E-state index is 0.110. The predicted octanol–water partition coefficient (Wildman–Crippen LogP) is 4.13. The lowest BCUT2D eigenvalue weighted by atomic mass is 10.1. The van der Waals surface area contributed by atoms with Gasteiger partial charge in [-0.1, -0.05) is 31.2 Å². The molecule has 0 fully saturated rings. The van der Waals surface area contributed by atoms with Crippen LogP contribution >= 0.6 is 0 Å². The van der Waals surface area contributed by atoms with Crippen LogP contribution in [0.25, 0.3) is 0 Å². The van der Waals surface area contributed by atoms with Gasteiger partial charge in [0, 0.05) is 7.05 Å². The van der Waals surface area contributed by atoms with E-state index in [9.17, 15) is 13.6 Å². The van der Waals surface area contributed by atoms with E-state index in [1.807, 2.05) is 31.2 Å². The van der Waals surface area contributed by atoms with Crippen LogP contribution in [0, 0.1) is 11.6 Å². The van der Waals surface area contributed by atoms with Crippen LogP contribution in [0.1, 0.15) is 31.0 Å². The van der Waals surface area contributed by atoms with E-state index < -0.39 is 17.7 Å². The molecule has 2 aromatic carbocycles. The molecule has 0 spiro atoms. The van der Waals surface area contributed by atoms with Gasteiger partial charge in [0.05, 0.1) is 6.04 Å². The van der Waals surface area contributed by atoms with Gasteiger partial charge in [-0.2, -0.15) is 0 Å². The number of hydrogen-bond acceptors (Lipinski definition) is 2. The molecule has 0 aromatic heterocycles. The molecule has 0 radical (unpaired) electrons. The summed E-state index contributed by atoms with van der Waals surface area (Å²) in [5.41, 5.74) is 1.56. The number of carbonyl (C=O) groups is 1. The third-order valence-electron chi connectivity index (χ3n) is 4.11. The maximum atomic E-state index is 13.4. The Hall–Kier alpha value is -2.43. The molecule has 24 heavy (non-hydrogen) atoms. The van der Waals surface area contributed by atoms with E-state index in [4.69, 9.17) is 4.74 Å². The number of ether oxygens (including phenoxy) is 1. The van der Waals surface area contributed by atoms with E-state index in [0.717, 1.165) is 24.1 Å². The van der Waals surface area contributed by atoms with E-state index in [1.54, 1.807) is 14.0 Å². The second kappa shape index (κ2) is 7.90. The van der Waals surface area contributed by atoms with Crippen molar-refractivity contribution in [1.82, 2.24) is 4.90 Å². The standard InChI is InChI=1S/C19H21F2NO2/c1-4-14-7-5-6-8-18(14)24-12-19(23)22(3)13(2)15-9-10-16(20)17(21)11-15/h5-11,13H,4,12H2,1-3H3. The zero-order valence-electron chi connectivity index (χ0n) is 14.1. The zero-order chi connectivity index (χ0) is 17.7. The Bertz CT molecular complexity index is 718. The zero-order valence-corrected chi connectivity index (χ0v) is 14.1. The minimum atomic E-state index is -0.923. The highest BCUT2D eigenvalue weighted by molar-refractivity contribution is 5.78. The number of nitrogens with zero attached hydrogens (tertiary/aromatic N) is 1. The molecule has 5 heteroatoms. The van der Waals surface area contributed by atoms with Crippen LogP contribution in [0.2, 0.25) is 0 Å². The van der Waals surface area contributed by atoms with Gasteiger partial charge in [0.1, 0.15) is 5.75 Å². The molecule has 128 valence electrons. The van der Waals surface area contributed by atoms with Gasteiger partial charge >= 0.3 is 0 Å². The number of likely N-dealkylation sites (N-methyl/N-ethyl adjacent to an activating group) is 1. The van der Waals surface area contributed by atoms with Crippen molar-refractivity contribution >= 4 is 5.91 Å². The summed E-state index contributed by atoms with van der Waals surface area (Å²) in [7, 11) is 1.61. The van der Waals surface area contributed by atoms with Crippen molar-refractivity contribution in [3.8, 4) is 5.75 Å². The molecule has 0 aliphatic rings. The van der Waals surface area contributed by atoms with Crippen molar-refractivity contribution in [2.24, 2.45) is 0 Å². The lowest BCUT2D eigenvalue weighted by molar-refractivity contribution is -0.134. The summed E-state index contributed by atoms with van der Waals surface area (Å²) in [5.74, 6) is -1.38. The molecule has 0 saturated carbocycles. The van der Waals surface area contributed by atoms with Crippen LogP contribution in [-0.2, 0) is 11.2 Å². The third-order valence-corrected chi connectivity index (χ3v) is 4.11. The number of rotatable bonds is 6. The average molecular weight is 333 g/mol. The molecule has 2 aromatic rings. The fourth-order valence-electron chi connectivity index (χ4n) is 2.39. The molecule has 0 aliphatic carbocycles. The highest BCUT2D eigenvalue weighted by atomic mass is 19.2. The summed E-state index contributed by atoms with van der Waals surface area (Å²) >= 11 is 0. The number of halogens is 2. The van der Waals surface area contributed by atoms with Crippen molar-refractivity contribution in [2.75, 3.05) is 13.7 Å². The highest BCUT2D eigenvalue weighted by Crippen LogP contribution is 2.22. The maximum absolute atomic E-state index is 13.4. The van der Waals surface area contributed by atoms with Gasteiger partial charge in [-0.3, -0.25) is 4.79 Å². The van der Waals surface area contributed by atoms with Crippen molar-refractivity contribution in [2.45, 2.75) is 26.3 Å². The lowest BCUT2D eigenvalue weighted by Crippen LogP contribution is -2.33. The Morgan fingerprint density at radius 2 is 1.88 bits per heavy atom. The molecule has 3 nitrogen and oxygen atoms in total. The summed E-state index contributed by atoms with van der Waals surface area (Å²) < 4.78 is 32.0. The topological polar surface area (TPSA) is 29.5 Å². The first-order valence-electron chi connectivity index (χ1n) is 7.85. The van der Waals surface area contributed by atoms with Crippen molar-refractivity contribution in [3.05, 3.63) is 65.2 Å². The Morgan fingerprint density at radius 3 is 2.54 bits per heavy atom. The van der Waals surface area contributed by atoms with E-state index >= 15 is 0 Å². The first kappa shape index (κ1) is 17.9. The fraction of sp³-hybridized carbons (Fsp3) is 0.316. The van der Waals surface area contributed by atoms with E-state index in [-0.39, 0.29) is 12.5 Å². The average Bonchev–Trinajstić information content (AvgIpc) is 2.60. The second-order valence-electron chi connectivity index (χ2n) is 5.60. The summed E-state index contributed by atoms with van der Waals surface area (Å²) in [6, 6.07) is 10.8. The monoisotopic (exact) mass is 333 g/mol. The fourth-order valence-corrected chi connectivity index (χ4v) is 2.39. The smallest absolute Gasteiger partial charge is 0.260 e. The van der Waals surface area contributed by atoms with Gasteiger partial charge in [-0.15, -0.1) is 0 Å². The molecule has 2 rings (SSSR count). The van der Waals surface area contributed by atoms with Crippen molar-refractivity contribution in [1.29, 1.82) is 0 Å². The van der Waals surface area contributed by atoms with Gasteiger partial charge < -0.3 is 9.64 Å². The van der Waals surface area contributed by atoms with Crippen LogP contribution in [0.5, 0.6) is 5.75 Å². The highest BCUT2D eigenvalue weighted by Gasteiger charge is 2.19. The number of benzene rings is 2. The predicted molar refractivity (Wildman–Crippen MR) is 88.9 cm³/mol. The van der Waals surface area contributed by atoms with Crippen molar-refractivity contribution in [3.63, 3.8) is 0 Å². The Balaban J connectivity index is 2.02. The van der Waals surface area contributed by atoms with Gasteiger partial charge in [-0.05, 0) is 42.7 Å². The second-order valence-corrected chi connectivity index (χ2v) is 5.60. The van der Waals surface area contributed by atoms with Crippen molar-refractivity contribution < 1.29 is 18.3 Å². The molecule has 0 N–H and O–H groups in total. The molecule has 1 unspecified atom stereocenters. The SMILES string of the molecule is CCc1ccccc1OCC(=O)N(C)C(C)c1ccc(F)c(F)c1. The first-order chi connectivity index (χ1) is 11.4. The summed E-state index contributed by atoms with van der Waals surface area (Å²) in [4.78, 5) is 13.8. The van der Waals surface area contributed by atoms with E-state index in [0.29, 0.717) is 11.3 Å². The first-order valence-corrected chi connectivity index (χ1v) is 7.85. The molecule has 1 atom stereocenters. The number of para-hydroxylation sites is 1. The van der Waals surface area contributed by atoms with Gasteiger partial charge in [0.25, 0.3) is 5.91 Å². The number of hydrogen-bond donors (Lipinski definition) is 0.